The zero-order valence-electron chi connectivity index (χ0n) is 16.6. The molecule has 30 heavy (non-hydrogen) atoms. The second-order valence-corrected chi connectivity index (χ2v) is 6.79. The number of aromatic nitrogens is 2. The van der Waals surface area contributed by atoms with E-state index in [1.807, 2.05) is 24.3 Å². The van der Waals surface area contributed by atoms with E-state index in [2.05, 4.69) is 15.5 Å². The van der Waals surface area contributed by atoms with Crippen LogP contribution in [0, 0.1) is 5.82 Å². The maximum absolute atomic E-state index is 13.9. The average molecular weight is 412 g/mol. The van der Waals surface area contributed by atoms with Crippen LogP contribution in [0.3, 0.4) is 0 Å². The topological polar surface area (TPSA) is 89.7 Å². The number of hydrogen-bond acceptors (Lipinski definition) is 6. The van der Waals surface area contributed by atoms with Gasteiger partial charge in [0.25, 0.3) is 0 Å². The monoisotopic (exact) mass is 412 g/mol. The molecule has 3 aromatic rings. The molecule has 1 atom stereocenters. The van der Waals surface area contributed by atoms with Gasteiger partial charge in [0.15, 0.2) is 11.6 Å². The van der Waals surface area contributed by atoms with Crippen molar-refractivity contribution in [2.75, 3.05) is 26.1 Å². The minimum absolute atomic E-state index is 0.113. The Kier molecular flexibility index (Phi) is 5.51. The molecule has 9 heteroatoms. The smallest absolute Gasteiger partial charge is 0.322 e. The number of halogens is 1. The predicted molar refractivity (Wildman–Crippen MR) is 107 cm³/mol. The number of ether oxygens (including phenoxy) is 2. The van der Waals surface area contributed by atoms with Crippen LogP contribution in [-0.2, 0) is 0 Å². The Morgan fingerprint density at radius 1 is 1.20 bits per heavy atom. The fraction of sp³-hybridized carbons (Fsp3) is 0.286. The Bertz CT molecular complexity index is 1050. The summed E-state index contributed by atoms with van der Waals surface area (Å²) in [5.74, 6) is 0.942. The molecule has 1 aliphatic heterocycles. The highest BCUT2D eigenvalue weighted by Crippen LogP contribution is 2.34. The van der Waals surface area contributed by atoms with Crippen molar-refractivity contribution in [2.24, 2.45) is 0 Å². The molecule has 0 radical (unpaired) electrons. The third kappa shape index (κ3) is 3.78. The van der Waals surface area contributed by atoms with Gasteiger partial charge in [-0.3, -0.25) is 0 Å². The van der Waals surface area contributed by atoms with Crippen molar-refractivity contribution in [3.8, 4) is 22.9 Å². The number of anilines is 1. The van der Waals surface area contributed by atoms with E-state index < -0.39 is 5.82 Å². The van der Waals surface area contributed by atoms with E-state index in [1.54, 1.807) is 18.1 Å². The molecule has 1 fully saturated rings. The van der Waals surface area contributed by atoms with Crippen molar-refractivity contribution >= 4 is 11.7 Å². The summed E-state index contributed by atoms with van der Waals surface area (Å²) in [7, 11) is 2.96. The molecule has 0 saturated carbocycles. The first kappa shape index (κ1) is 19.7. The van der Waals surface area contributed by atoms with E-state index in [0.717, 1.165) is 6.42 Å². The maximum atomic E-state index is 13.9. The largest absolute Gasteiger partial charge is 0.496 e. The summed E-state index contributed by atoms with van der Waals surface area (Å²) in [5, 5.41) is 6.77. The minimum Gasteiger partial charge on any atom is -0.496 e. The number of nitrogens with one attached hydrogen (secondary N) is 1. The van der Waals surface area contributed by atoms with Gasteiger partial charge in [0.1, 0.15) is 11.8 Å². The van der Waals surface area contributed by atoms with Crippen molar-refractivity contribution in [3.05, 3.63) is 54.2 Å². The van der Waals surface area contributed by atoms with Gasteiger partial charge in [-0.05, 0) is 37.1 Å². The summed E-state index contributed by atoms with van der Waals surface area (Å²) in [4.78, 5) is 18.9. The number of urea groups is 1. The fourth-order valence-electron chi connectivity index (χ4n) is 3.52. The van der Waals surface area contributed by atoms with Gasteiger partial charge < -0.3 is 24.2 Å². The van der Waals surface area contributed by atoms with Gasteiger partial charge in [0, 0.05) is 18.3 Å². The molecule has 0 spiro atoms. The number of nitrogens with zero attached hydrogens (tertiary/aromatic N) is 3. The van der Waals surface area contributed by atoms with Crippen molar-refractivity contribution in [2.45, 2.75) is 18.9 Å². The van der Waals surface area contributed by atoms with Crippen LogP contribution in [0.2, 0.25) is 0 Å². The molecule has 1 N–H and O–H groups in total. The molecular formula is C21H21FN4O4. The Hall–Kier alpha value is -3.62. The number of methoxy groups -OCH3 is 2. The quantitative estimate of drug-likeness (QED) is 0.673. The number of para-hydroxylation sites is 1. The lowest BCUT2D eigenvalue weighted by Gasteiger charge is -2.22. The van der Waals surface area contributed by atoms with Crippen LogP contribution in [0.15, 0.2) is 47.0 Å². The highest BCUT2D eigenvalue weighted by atomic mass is 19.1. The van der Waals surface area contributed by atoms with Crippen LogP contribution in [0.1, 0.15) is 24.8 Å². The average Bonchev–Trinajstić information content (AvgIpc) is 3.43. The molecule has 2 amide bonds. The van der Waals surface area contributed by atoms with E-state index in [4.69, 9.17) is 14.0 Å². The van der Waals surface area contributed by atoms with Crippen molar-refractivity contribution < 1.29 is 23.2 Å². The lowest BCUT2D eigenvalue weighted by molar-refractivity contribution is 0.193. The molecule has 0 unspecified atom stereocenters. The van der Waals surface area contributed by atoms with Crippen LogP contribution in [0.4, 0.5) is 14.9 Å². The van der Waals surface area contributed by atoms with E-state index in [0.29, 0.717) is 41.7 Å². The van der Waals surface area contributed by atoms with Crippen LogP contribution in [0.25, 0.3) is 11.4 Å². The summed E-state index contributed by atoms with van der Waals surface area (Å²) >= 11 is 0. The number of likely N-dealkylation sites (tertiary alicyclic amines) is 1. The van der Waals surface area contributed by atoms with Crippen LogP contribution >= 0.6 is 0 Å². The Morgan fingerprint density at radius 2 is 2.00 bits per heavy atom. The number of benzene rings is 2. The van der Waals surface area contributed by atoms with Gasteiger partial charge in [-0.25, -0.2) is 9.18 Å². The minimum atomic E-state index is -0.549. The SMILES string of the molecule is COc1ccc(NC(=O)N2CCC[C@H]2c2nc(-c3ccccc3OC)no2)cc1F. The summed E-state index contributed by atoms with van der Waals surface area (Å²) in [5.41, 5.74) is 1.04. The normalized spacial score (nSPS) is 15.8. The third-order valence-corrected chi connectivity index (χ3v) is 4.99. The van der Waals surface area contributed by atoms with Gasteiger partial charge in [0.05, 0.1) is 19.8 Å². The number of amides is 2. The summed E-state index contributed by atoms with van der Waals surface area (Å²) in [6.07, 6.45) is 1.49. The van der Waals surface area contributed by atoms with Gasteiger partial charge in [-0.15, -0.1) is 0 Å². The number of carbonyl (C=O) groups excluding carboxylic acids is 1. The van der Waals surface area contributed by atoms with E-state index in [1.165, 1.54) is 19.2 Å². The second kappa shape index (κ2) is 8.40. The molecule has 8 nitrogen and oxygen atoms in total. The molecular weight excluding hydrogens is 391 g/mol. The third-order valence-electron chi connectivity index (χ3n) is 4.99. The van der Waals surface area contributed by atoms with Crippen LogP contribution in [0.5, 0.6) is 11.5 Å². The first-order chi connectivity index (χ1) is 14.6. The van der Waals surface area contributed by atoms with Crippen LogP contribution in [-0.4, -0.2) is 41.8 Å². The summed E-state index contributed by atoms with van der Waals surface area (Å²) < 4.78 is 29.6. The van der Waals surface area contributed by atoms with Gasteiger partial charge >= 0.3 is 6.03 Å². The second-order valence-electron chi connectivity index (χ2n) is 6.79. The van der Waals surface area contributed by atoms with Crippen molar-refractivity contribution in [1.82, 2.24) is 15.0 Å². The molecule has 2 aromatic carbocycles. The highest BCUT2D eigenvalue weighted by Gasteiger charge is 2.34. The van der Waals surface area contributed by atoms with E-state index in [9.17, 15) is 9.18 Å². The molecule has 0 bridgehead atoms. The van der Waals surface area contributed by atoms with E-state index in [-0.39, 0.29) is 17.8 Å². The molecule has 2 heterocycles. The van der Waals surface area contributed by atoms with Gasteiger partial charge in [-0.2, -0.15) is 4.98 Å². The van der Waals surface area contributed by atoms with E-state index >= 15 is 0 Å². The highest BCUT2D eigenvalue weighted by molar-refractivity contribution is 5.89. The Morgan fingerprint density at radius 3 is 2.77 bits per heavy atom. The summed E-state index contributed by atoms with van der Waals surface area (Å²) in [6.45, 7) is 0.529. The predicted octanol–water partition coefficient (Wildman–Crippen LogP) is 4.26. The molecule has 1 aliphatic rings. The Labute approximate surface area is 172 Å². The maximum Gasteiger partial charge on any atom is 0.322 e. The molecule has 156 valence electrons. The lowest BCUT2D eigenvalue weighted by Crippen LogP contribution is -2.34. The van der Waals surface area contributed by atoms with Crippen molar-refractivity contribution in [1.29, 1.82) is 0 Å². The molecule has 0 aliphatic carbocycles. The fourth-order valence-corrected chi connectivity index (χ4v) is 3.52. The zero-order chi connectivity index (χ0) is 21.1. The molecule has 1 saturated heterocycles. The Balaban J connectivity index is 1.52. The number of rotatable bonds is 5. The first-order valence-corrected chi connectivity index (χ1v) is 9.49. The summed E-state index contributed by atoms with van der Waals surface area (Å²) in [6, 6.07) is 10.9. The van der Waals surface area contributed by atoms with Crippen molar-refractivity contribution in [3.63, 3.8) is 0 Å². The molecule has 1 aromatic heterocycles. The number of hydrogen-bond donors (Lipinski definition) is 1. The van der Waals surface area contributed by atoms with Crippen LogP contribution < -0.4 is 14.8 Å². The molecule has 4 rings (SSSR count). The van der Waals surface area contributed by atoms with Gasteiger partial charge in [0.2, 0.25) is 11.7 Å². The number of carbonyl (C=O) groups is 1. The first-order valence-electron chi connectivity index (χ1n) is 9.49. The lowest BCUT2D eigenvalue weighted by atomic mass is 10.2. The standard InChI is InChI=1S/C21H21FN4O4/c1-28-17-8-4-3-6-14(17)19-24-20(30-25-19)16-7-5-11-26(16)21(27)23-13-9-10-18(29-2)15(22)12-13/h3-4,6,8-10,12,16H,5,7,11H2,1-2H3,(H,23,27)/t16-/m0/s1. The van der Waals surface area contributed by atoms with Gasteiger partial charge in [-0.1, -0.05) is 17.3 Å². The zero-order valence-corrected chi connectivity index (χ0v) is 16.6.